The summed E-state index contributed by atoms with van der Waals surface area (Å²) in [6.07, 6.45) is 2.06. The molecule has 48 heavy (non-hydrogen) atoms. The van der Waals surface area contributed by atoms with Crippen molar-refractivity contribution in [3.63, 3.8) is 0 Å². The van der Waals surface area contributed by atoms with Crippen LogP contribution >= 0.6 is 0 Å². The van der Waals surface area contributed by atoms with Gasteiger partial charge in [-0.15, -0.1) is 0 Å². The molecule has 0 saturated carbocycles. The van der Waals surface area contributed by atoms with Gasteiger partial charge in [-0.05, 0) is 94.7 Å². The number of alkyl carbamates (subject to hydrolysis) is 1. The van der Waals surface area contributed by atoms with Crippen LogP contribution in [-0.4, -0.2) is 78.8 Å². The van der Waals surface area contributed by atoms with Crippen molar-refractivity contribution in [1.29, 1.82) is 0 Å². The van der Waals surface area contributed by atoms with Crippen LogP contribution in [0.5, 0.6) is 17.2 Å². The first-order valence-corrected chi connectivity index (χ1v) is 16.6. The highest BCUT2D eigenvalue weighted by molar-refractivity contribution is 6.38. The maximum atomic E-state index is 14.0. The Balaban J connectivity index is 2.02. The highest BCUT2D eigenvalue weighted by Gasteiger charge is 2.55. The number of nitrogens with one attached hydrogen (secondary N) is 1. The number of hydrogen-bond acceptors (Lipinski definition) is 8. The lowest BCUT2D eigenvalue weighted by Gasteiger charge is -2.49. The van der Waals surface area contributed by atoms with E-state index in [2.05, 4.69) is 5.32 Å². The van der Waals surface area contributed by atoms with Gasteiger partial charge in [-0.2, -0.15) is 0 Å². The molecule has 264 valence electrons. The molecule has 0 bridgehead atoms. The minimum atomic E-state index is -1.68. The van der Waals surface area contributed by atoms with Gasteiger partial charge in [-0.3, -0.25) is 9.59 Å². The first-order chi connectivity index (χ1) is 22.6. The molecule has 2 atom stereocenters. The number of methoxy groups -OCH3 is 2. The van der Waals surface area contributed by atoms with E-state index in [0.717, 1.165) is 5.56 Å². The van der Waals surface area contributed by atoms with Gasteiger partial charge < -0.3 is 34.3 Å². The van der Waals surface area contributed by atoms with E-state index in [0.29, 0.717) is 54.9 Å². The molecule has 2 N–H and O–H groups in total. The van der Waals surface area contributed by atoms with Gasteiger partial charge in [0.15, 0.2) is 11.5 Å². The number of Topliss-reactive ketones (excluding diaryl/α,β-unsaturated/α-hetero) is 1. The van der Waals surface area contributed by atoms with Gasteiger partial charge in [0, 0.05) is 17.9 Å². The number of rotatable bonds is 15. The molecule has 3 rings (SSSR count). The van der Waals surface area contributed by atoms with Crippen LogP contribution in [0.2, 0.25) is 0 Å². The molecule has 0 unspecified atom stereocenters. The largest absolute Gasteiger partial charge is 0.493 e. The lowest BCUT2D eigenvalue weighted by atomic mass is 9.69. The Morgan fingerprint density at radius 1 is 0.979 bits per heavy atom. The molecule has 1 saturated heterocycles. The molecule has 0 radical (unpaired) electrons. The summed E-state index contributed by atoms with van der Waals surface area (Å²) >= 11 is 0. The molecule has 1 heterocycles. The minimum Gasteiger partial charge on any atom is -0.493 e. The molecule has 11 nitrogen and oxygen atoms in total. The molecule has 0 aromatic heterocycles. The lowest BCUT2D eigenvalue weighted by Crippen LogP contribution is -2.64. The van der Waals surface area contributed by atoms with Crippen LogP contribution in [0.15, 0.2) is 42.5 Å². The third kappa shape index (κ3) is 9.20. The van der Waals surface area contributed by atoms with E-state index in [1.807, 2.05) is 25.1 Å². The Morgan fingerprint density at radius 3 is 2.31 bits per heavy atom. The highest BCUT2D eigenvalue weighted by Crippen LogP contribution is 2.45. The van der Waals surface area contributed by atoms with Crippen LogP contribution in [0, 0.1) is 5.41 Å². The zero-order valence-electron chi connectivity index (χ0n) is 29.6. The fourth-order valence-corrected chi connectivity index (χ4v) is 6.07. The maximum absolute atomic E-state index is 14.0. The second-order valence-electron chi connectivity index (χ2n) is 13.8. The number of nitrogens with zero attached hydrogens (tertiary/aromatic N) is 1. The van der Waals surface area contributed by atoms with Crippen LogP contribution in [0.25, 0.3) is 0 Å². The van der Waals surface area contributed by atoms with Gasteiger partial charge in [0.2, 0.25) is 5.78 Å². The van der Waals surface area contributed by atoms with Gasteiger partial charge in [0.1, 0.15) is 23.5 Å². The fourth-order valence-electron chi connectivity index (χ4n) is 6.07. The van der Waals surface area contributed by atoms with Gasteiger partial charge in [0.05, 0.1) is 20.8 Å². The van der Waals surface area contributed by atoms with E-state index < -0.39 is 46.2 Å². The predicted octanol–water partition coefficient (Wildman–Crippen LogP) is 6.16. The first kappa shape index (κ1) is 38.2. The molecule has 2 amide bonds. The predicted molar refractivity (Wildman–Crippen MR) is 182 cm³/mol. The molecular weight excluding hydrogens is 616 g/mol. The number of ether oxygens (including phenoxy) is 4. The summed E-state index contributed by atoms with van der Waals surface area (Å²) in [5.74, 6) is -1.60. The third-order valence-corrected chi connectivity index (χ3v) is 9.03. The van der Waals surface area contributed by atoms with E-state index in [9.17, 15) is 24.3 Å². The number of benzene rings is 2. The van der Waals surface area contributed by atoms with Crippen LogP contribution < -0.4 is 19.5 Å². The van der Waals surface area contributed by atoms with Crippen molar-refractivity contribution >= 4 is 23.8 Å². The summed E-state index contributed by atoms with van der Waals surface area (Å²) in [5, 5.41) is 13.7. The highest BCUT2D eigenvalue weighted by atomic mass is 16.6. The summed E-state index contributed by atoms with van der Waals surface area (Å²) in [5.41, 5.74) is -1.68. The van der Waals surface area contributed by atoms with E-state index >= 15 is 0 Å². The maximum Gasteiger partial charge on any atom is 0.407 e. The van der Waals surface area contributed by atoms with Crippen molar-refractivity contribution in [3.8, 4) is 17.2 Å². The minimum absolute atomic E-state index is 0.147. The van der Waals surface area contributed by atoms with Crippen LogP contribution in [-0.2, 0) is 25.5 Å². The summed E-state index contributed by atoms with van der Waals surface area (Å²) in [6.45, 7) is 11.1. The number of likely N-dealkylation sites (tertiary alicyclic amines) is 1. The summed E-state index contributed by atoms with van der Waals surface area (Å²) < 4.78 is 22.1. The number of aliphatic carboxylic acids is 1. The van der Waals surface area contributed by atoms with Gasteiger partial charge in [-0.1, -0.05) is 39.0 Å². The number of ketones is 1. The normalized spacial score (nSPS) is 17.2. The Hall–Kier alpha value is -4.28. The van der Waals surface area contributed by atoms with E-state index in [-0.39, 0.29) is 26.1 Å². The van der Waals surface area contributed by atoms with Crippen molar-refractivity contribution in [2.24, 2.45) is 5.41 Å². The summed E-state index contributed by atoms with van der Waals surface area (Å²) in [4.78, 5) is 54.5. The smallest absolute Gasteiger partial charge is 0.407 e. The van der Waals surface area contributed by atoms with Crippen molar-refractivity contribution in [3.05, 3.63) is 53.6 Å². The van der Waals surface area contributed by atoms with Crippen molar-refractivity contribution in [2.45, 2.75) is 97.1 Å². The molecule has 1 aliphatic rings. The Labute approximate surface area is 284 Å². The van der Waals surface area contributed by atoms with Gasteiger partial charge in [-0.25, -0.2) is 9.59 Å². The Bertz CT molecular complexity index is 1450. The number of aryl methyl sites for hydroxylation is 1. The molecule has 11 heteroatoms. The molecule has 2 aromatic carbocycles. The number of carbonyl (C=O) groups is 4. The number of carboxylic acid groups (broad SMARTS) is 1. The third-order valence-electron chi connectivity index (χ3n) is 9.03. The zero-order chi connectivity index (χ0) is 35.7. The monoisotopic (exact) mass is 668 g/mol. The van der Waals surface area contributed by atoms with E-state index in [1.165, 1.54) is 4.90 Å². The summed E-state index contributed by atoms with van der Waals surface area (Å²) in [6, 6.07) is 12.7. The fraction of sp³-hybridized carbons (Fsp3) is 0.568. The number of amides is 2. The number of carboxylic acids is 1. The molecule has 1 aliphatic heterocycles. The molecule has 0 spiro atoms. The van der Waals surface area contributed by atoms with Crippen LogP contribution in [0.3, 0.4) is 0 Å². The van der Waals surface area contributed by atoms with E-state index in [1.54, 1.807) is 73.1 Å². The SMILES string of the molecule is CCC(C)(C)C(=O)C(=O)N1CCCC[C@@]1(C(=O)O)[C@H](CCc1ccc(OC)c(OC)c1)c1cccc(OCCNC(=O)OC(C)(C)C)c1. The topological polar surface area (TPSA) is 141 Å². The molecule has 2 aromatic rings. The molecular formula is C37H52N2O9. The van der Waals surface area contributed by atoms with Gasteiger partial charge >= 0.3 is 12.1 Å². The van der Waals surface area contributed by atoms with Crippen molar-refractivity contribution in [1.82, 2.24) is 10.2 Å². The summed E-state index contributed by atoms with van der Waals surface area (Å²) in [7, 11) is 3.11. The number of carbonyl (C=O) groups excluding carboxylic acids is 3. The standard InChI is InChI=1S/C37H52N2O9/c1-9-36(5,6)31(40)32(41)39-21-11-10-19-37(39,33(42)43)28(17-15-25-16-18-29(45-7)30(23-25)46-8)26-13-12-14-27(24-26)47-22-20-38-34(44)48-35(2,3)4/h12-14,16,18,23-24,28H,9-11,15,17,19-22H2,1-8H3,(H,38,44)(H,42,43)/t28-,37+/m1/s1. The first-order valence-electron chi connectivity index (χ1n) is 16.6. The van der Waals surface area contributed by atoms with Crippen LogP contribution in [0.4, 0.5) is 4.79 Å². The Kier molecular flexibility index (Phi) is 12.9. The van der Waals surface area contributed by atoms with Crippen molar-refractivity contribution < 1.29 is 43.2 Å². The molecule has 1 fully saturated rings. The number of piperidine rings is 1. The van der Waals surface area contributed by atoms with Crippen LogP contribution in [0.1, 0.15) is 90.7 Å². The zero-order valence-corrected chi connectivity index (χ0v) is 29.6. The lowest BCUT2D eigenvalue weighted by molar-refractivity contribution is -0.168. The molecule has 0 aliphatic carbocycles. The average Bonchev–Trinajstić information content (AvgIpc) is 3.05. The Morgan fingerprint density at radius 2 is 1.69 bits per heavy atom. The number of hydrogen-bond donors (Lipinski definition) is 2. The van der Waals surface area contributed by atoms with E-state index in [4.69, 9.17) is 18.9 Å². The second-order valence-corrected chi connectivity index (χ2v) is 13.8. The van der Waals surface area contributed by atoms with Gasteiger partial charge in [0.25, 0.3) is 5.91 Å². The quantitative estimate of drug-likeness (QED) is 0.169. The average molecular weight is 669 g/mol. The second kappa shape index (κ2) is 16.2. The van der Waals surface area contributed by atoms with Crippen molar-refractivity contribution in [2.75, 3.05) is 33.9 Å².